The van der Waals surface area contributed by atoms with Crippen molar-refractivity contribution in [2.24, 2.45) is 5.41 Å². The fraction of sp³-hybridized carbons (Fsp3) is 0.522. The van der Waals surface area contributed by atoms with Crippen molar-refractivity contribution in [1.29, 1.82) is 0 Å². The molecule has 0 aliphatic rings. The summed E-state index contributed by atoms with van der Waals surface area (Å²) in [5.41, 5.74) is 2.54. The molecule has 4 heteroatoms. The van der Waals surface area contributed by atoms with Gasteiger partial charge in [-0.25, -0.2) is 0 Å². The fourth-order valence-corrected chi connectivity index (χ4v) is 2.75. The van der Waals surface area contributed by atoms with Crippen LogP contribution in [0.1, 0.15) is 58.1 Å². The molecule has 27 heavy (non-hydrogen) atoms. The van der Waals surface area contributed by atoms with E-state index in [1.807, 2.05) is 39.0 Å². The average Bonchev–Trinajstić information content (AvgIpc) is 2.62. The number of hydrogen-bond acceptors (Lipinski definition) is 4. The third kappa shape index (κ3) is 6.15. The molecule has 1 aromatic rings. The standard InChI is InChI=1S/C23H32O4/c1-16(2)20-12-10-18(21(26-7)22(20)27-8)9-11-19(24)15-23(4,5)17(3)13-14-25-6/h10,12-13,16H,14-15H2,1-8H3/b17-13+. The Labute approximate surface area is 163 Å². The first-order chi connectivity index (χ1) is 12.7. The topological polar surface area (TPSA) is 44.8 Å². The number of carbonyl (C=O) groups is 1. The highest BCUT2D eigenvalue weighted by Gasteiger charge is 2.23. The normalized spacial score (nSPS) is 11.8. The lowest BCUT2D eigenvalue weighted by atomic mass is 9.80. The van der Waals surface area contributed by atoms with Crippen LogP contribution in [0.5, 0.6) is 11.5 Å². The van der Waals surface area contributed by atoms with Gasteiger partial charge in [-0.2, -0.15) is 0 Å². The van der Waals surface area contributed by atoms with Crippen LogP contribution in [-0.2, 0) is 9.53 Å². The average molecular weight is 373 g/mol. The minimum Gasteiger partial charge on any atom is -0.493 e. The maximum absolute atomic E-state index is 12.4. The predicted molar refractivity (Wildman–Crippen MR) is 110 cm³/mol. The molecule has 0 bridgehead atoms. The fourth-order valence-electron chi connectivity index (χ4n) is 2.75. The van der Waals surface area contributed by atoms with Gasteiger partial charge in [0.05, 0.1) is 26.4 Å². The van der Waals surface area contributed by atoms with Gasteiger partial charge in [0.25, 0.3) is 0 Å². The Morgan fingerprint density at radius 2 is 1.78 bits per heavy atom. The Morgan fingerprint density at radius 3 is 2.30 bits per heavy atom. The first-order valence-corrected chi connectivity index (χ1v) is 9.13. The van der Waals surface area contributed by atoms with E-state index in [-0.39, 0.29) is 11.2 Å². The molecule has 0 radical (unpaired) electrons. The molecule has 0 saturated heterocycles. The van der Waals surface area contributed by atoms with Crippen LogP contribution in [0.15, 0.2) is 23.8 Å². The van der Waals surface area contributed by atoms with Gasteiger partial charge >= 0.3 is 0 Å². The monoisotopic (exact) mass is 372 g/mol. The molecular weight excluding hydrogens is 340 g/mol. The SMILES string of the molecule is COC/C=C(\C)C(C)(C)CC(=O)C#Cc1ccc(C(C)C)c(OC)c1OC. The molecule has 0 aliphatic carbocycles. The van der Waals surface area contributed by atoms with E-state index >= 15 is 0 Å². The summed E-state index contributed by atoms with van der Waals surface area (Å²) in [4.78, 5) is 12.4. The second-order valence-electron chi connectivity index (χ2n) is 7.50. The lowest BCUT2D eigenvalue weighted by Gasteiger charge is -2.24. The minimum absolute atomic E-state index is 0.112. The highest BCUT2D eigenvalue weighted by atomic mass is 16.5. The molecule has 4 nitrogen and oxygen atoms in total. The van der Waals surface area contributed by atoms with Gasteiger partial charge < -0.3 is 14.2 Å². The van der Waals surface area contributed by atoms with E-state index in [9.17, 15) is 4.79 Å². The number of Topliss-reactive ketones (excluding diaryl/α,β-unsaturated/α-hetero) is 1. The summed E-state index contributed by atoms with van der Waals surface area (Å²) < 4.78 is 16.1. The minimum atomic E-state index is -0.270. The van der Waals surface area contributed by atoms with Gasteiger partial charge in [-0.15, -0.1) is 0 Å². The molecule has 0 spiro atoms. The highest BCUT2D eigenvalue weighted by Crippen LogP contribution is 2.38. The first kappa shape index (κ1) is 22.8. The molecule has 0 amide bonds. The number of allylic oxidation sites excluding steroid dienone is 1. The molecule has 0 heterocycles. The summed E-state index contributed by atoms with van der Waals surface area (Å²) in [5, 5.41) is 0. The lowest BCUT2D eigenvalue weighted by Crippen LogP contribution is -2.18. The van der Waals surface area contributed by atoms with Crippen LogP contribution in [0.2, 0.25) is 0 Å². The number of rotatable bonds is 8. The van der Waals surface area contributed by atoms with Gasteiger partial charge in [0.1, 0.15) is 0 Å². The van der Waals surface area contributed by atoms with Crippen LogP contribution in [0.25, 0.3) is 0 Å². The largest absolute Gasteiger partial charge is 0.493 e. The molecule has 0 fully saturated rings. The van der Waals surface area contributed by atoms with Crippen LogP contribution in [0.4, 0.5) is 0 Å². The van der Waals surface area contributed by atoms with Crippen molar-refractivity contribution in [2.75, 3.05) is 27.9 Å². The molecule has 1 rings (SSSR count). The second-order valence-corrected chi connectivity index (χ2v) is 7.50. The Kier molecular flexibility index (Phi) is 8.59. The van der Waals surface area contributed by atoms with E-state index in [0.717, 1.165) is 11.1 Å². The molecule has 1 aromatic carbocycles. The zero-order valence-corrected chi connectivity index (χ0v) is 17.9. The van der Waals surface area contributed by atoms with Crippen LogP contribution in [-0.4, -0.2) is 33.7 Å². The van der Waals surface area contributed by atoms with Crippen LogP contribution >= 0.6 is 0 Å². The molecule has 0 saturated carbocycles. The van der Waals surface area contributed by atoms with E-state index in [2.05, 4.69) is 25.7 Å². The summed E-state index contributed by atoms with van der Waals surface area (Å²) in [6, 6.07) is 3.86. The second kappa shape index (κ2) is 10.2. The third-order valence-corrected chi connectivity index (χ3v) is 4.74. The zero-order valence-electron chi connectivity index (χ0n) is 17.9. The molecule has 0 atom stereocenters. The molecule has 0 aromatic heterocycles. The maximum Gasteiger partial charge on any atom is 0.206 e. The summed E-state index contributed by atoms with van der Waals surface area (Å²) in [5.74, 6) is 7.14. The van der Waals surface area contributed by atoms with Crippen molar-refractivity contribution in [3.63, 3.8) is 0 Å². The van der Waals surface area contributed by atoms with Gasteiger partial charge in [0, 0.05) is 19.1 Å². The number of hydrogen-bond donors (Lipinski definition) is 0. The van der Waals surface area contributed by atoms with Gasteiger partial charge in [0.15, 0.2) is 11.5 Å². The van der Waals surface area contributed by atoms with Crippen LogP contribution < -0.4 is 9.47 Å². The Hall–Kier alpha value is -2.25. The molecule has 0 unspecified atom stereocenters. The first-order valence-electron chi connectivity index (χ1n) is 9.13. The van der Waals surface area contributed by atoms with Crippen molar-refractivity contribution in [2.45, 2.75) is 47.0 Å². The van der Waals surface area contributed by atoms with Gasteiger partial charge in [-0.05, 0) is 30.2 Å². The van der Waals surface area contributed by atoms with E-state index in [0.29, 0.717) is 36.0 Å². The summed E-state index contributed by atoms with van der Waals surface area (Å²) in [6.07, 6.45) is 2.34. The van der Waals surface area contributed by atoms with Gasteiger partial charge in [-0.1, -0.05) is 51.3 Å². The third-order valence-electron chi connectivity index (χ3n) is 4.74. The van der Waals surface area contributed by atoms with E-state index < -0.39 is 0 Å². The summed E-state index contributed by atoms with van der Waals surface area (Å²) >= 11 is 0. The van der Waals surface area contributed by atoms with Crippen LogP contribution in [0.3, 0.4) is 0 Å². The number of carbonyl (C=O) groups excluding carboxylic acids is 1. The maximum atomic E-state index is 12.4. The van der Waals surface area contributed by atoms with Crippen molar-refractivity contribution in [1.82, 2.24) is 0 Å². The molecule has 0 aliphatic heterocycles. The zero-order chi connectivity index (χ0) is 20.6. The Morgan fingerprint density at radius 1 is 1.15 bits per heavy atom. The van der Waals surface area contributed by atoms with Crippen molar-refractivity contribution in [3.8, 4) is 23.3 Å². The van der Waals surface area contributed by atoms with Gasteiger partial charge in [-0.3, -0.25) is 4.79 Å². The number of ether oxygens (including phenoxy) is 3. The Balaban J connectivity index is 3.10. The number of ketones is 1. The molecular formula is C23H32O4. The lowest BCUT2D eigenvalue weighted by molar-refractivity contribution is -0.115. The predicted octanol–water partition coefficient (Wildman–Crippen LogP) is 4.76. The smallest absolute Gasteiger partial charge is 0.206 e. The van der Waals surface area contributed by atoms with Crippen molar-refractivity contribution >= 4 is 5.78 Å². The summed E-state index contributed by atoms with van der Waals surface area (Å²) in [7, 11) is 4.85. The summed E-state index contributed by atoms with van der Waals surface area (Å²) in [6.45, 7) is 10.8. The highest BCUT2D eigenvalue weighted by molar-refractivity contribution is 5.96. The van der Waals surface area contributed by atoms with Crippen LogP contribution in [0, 0.1) is 17.3 Å². The van der Waals surface area contributed by atoms with Crippen molar-refractivity contribution in [3.05, 3.63) is 34.9 Å². The van der Waals surface area contributed by atoms with E-state index in [1.165, 1.54) is 0 Å². The van der Waals surface area contributed by atoms with E-state index in [4.69, 9.17) is 14.2 Å². The van der Waals surface area contributed by atoms with E-state index in [1.54, 1.807) is 21.3 Å². The van der Waals surface area contributed by atoms with Gasteiger partial charge in [0.2, 0.25) is 5.78 Å². The number of methoxy groups -OCH3 is 3. The molecule has 148 valence electrons. The quantitative estimate of drug-likeness (QED) is 0.488. The Bertz CT molecular complexity index is 746. The van der Waals surface area contributed by atoms with Crippen molar-refractivity contribution < 1.29 is 19.0 Å². The number of benzene rings is 1. The molecule has 0 N–H and O–H groups in total.